The molecule has 0 bridgehead atoms. The summed E-state index contributed by atoms with van der Waals surface area (Å²) >= 11 is 0. The molecule has 1 atom stereocenters. The number of rotatable bonds is 6. The zero-order valence-corrected chi connectivity index (χ0v) is 16.7. The lowest BCUT2D eigenvalue weighted by Gasteiger charge is -2.13. The summed E-state index contributed by atoms with van der Waals surface area (Å²) in [5.41, 5.74) is 1.87. The zero-order chi connectivity index (χ0) is 19.3. The first-order valence-electron chi connectivity index (χ1n) is 9.48. The molecule has 0 saturated carbocycles. The number of fused-ring (bicyclic) bond motifs is 1. The molecule has 2 heterocycles. The lowest BCUT2D eigenvalue weighted by Crippen LogP contribution is -2.29. The van der Waals surface area contributed by atoms with Crippen LogP contribution >= 0.6 is 12.4 Å². The van der Waals surface area contributed by atoms with Gasteiger partial charge in [-0.2, -0.15) is 0 Å². The van der Waals surface area contributed by atoms with Crippen LogP contribution in [-0.4, -0.2) is 31.2 Å². The van der Waals surface area contributed by atoms with E-state index < -0.39 is 0 Å². The van der Waals surface area contributed by atoms with Crippen molar-refractivity contribution >= 4 is 29.9 Å². The van der Waals surface area contributed by atoms with Crippen LogP contribution in [-0.2, 0) is 11.3 Å². The van der Waals surface area contributed by atoms with Gasteiger partial charge in [0.1, 0.15) is 0 Å². The van der Waals surface area contributed by atoms with Gasteiger partial charge in [0.2, 0.25) is 12.7 Å². The lowest BCUT2D eigenvalue weighted by molar-refractivity contribution is -0.116. The van der Waals surface area contributed by atoms with Gasteiger partial charge in [0.25, 0.3) is 5.91 Å². The van der Waals surface area contributed by atoms with Crippen molar-refractivity contribution in [2.75, 3.05) is 18.7 Å². The molecule has 0 aliphatic carbocycles. The van der Waals surface area contributed by atoms with Gasteiger partial charge in [-0.25, -0.2) is 0 Å². The summed E-state index contributed by atoms with van der Waals surface area (Å²) in [7, 11) is 0. The van der Waals surface area contributed by atoms with Crippen molar-refractivity contribution in [2.24, 2.45) is 0 Å². The predicted octanol–water partition coefficient (Wildman–Crippen LogP) is 2.85. The van der Waals surface area contributed by atoms with Gasteiger partial charge < -0.3 is 25.4 Å². The number of carbonyl (C=O) groups is 2. The van der Waals surface area contributed by atoms with Gasteiger partial charge in [-0.3, -0.25) is 9.59 Å². The van der Waals surface area contributed by atoms with E-state index in [9.17, 15) is 9.59 Å². The van der Waals surface area contributed by atoms with Crippen molar-refractivity contribution in [2.45, 2.75) is 31.8 Å². The van der Waals surface area contributed by atoms with Crippen molar-refractivity contribution in [1.82, 2.24) is 10.6 Å². The predicted molar refractivity (Wildman–Crippen MR) is 112 cm³/mol. The molecule has 4 rings (SSSR count). The van der Waals surface area contributed by atoms with Gasteiger partial charge in [0, 0.05) is 19.0 Å². The molecule has 2 aromatic carbocycles. The van der Waals surface area contributed by atoms with Crippen LogP contribution in [0.25, 0.3) is 0 Å². The molecule has 1 unspecified atom stereocenters. The molecule has 154 valence electrons. The van der Waals surface area contributed by atoms with E-state index in [-0.39, 0.29) is 37.1 Å². The molecule has 2 amide bonds. The second kappa shape index (κ2) is 9.62. The Labute approximate surface area is 175 Å². The summed E-state index contributed by atoms with van der Waals surface area (Å²) in [5.74, 6) is 1.06. The number of amides is 2. The fraction of sp³-hybridized carbons (Fsp3) is 0.333. The van der Waals surface area contributed by atoms with Crippen LogP contribution in [0.2, 0.25) is 0 Å². The topological polar surface area (TPSA) is 88.7 Å². The molecule has 29 heavy (non-hydrogen) atoms. The number of nitrogens with one attached hydrogen (secondary N) is 3. The molecular formula is C21H24ClN3O4. The van der Waals surface area contributed by atoms with Crippen LogP contribution in [0.5, 0.6) is 11.5 Å². The minimum atomic E-state index is -0.243. The van der Waals surface area contributed by atoms with E-state index in [1.54, 1.807) is 24.3 Å². The molecule has 0 spiro atoms. The Bertz CT molecular complexity index is 884. The highest BCUT2D eigenvalue weighted by Crippen LogP contribution is 2.32. The van der Waals surface area contributed by atoms with Gasteiger partial charge in [0.15, 0.2) is 11.5 Å². The van der Waals surface area contributed by atoms with Crippen molar-refractivity contribution in [1.29, 1.82) is 0 Å². The third-order valence-electron chi connectivity index (χ3n) is 4.93. The summed E-state index contributed by atoms with van der Waals surface area (Å²) in [6.07, 6.45) is 2.51. The molecule has 8 heteroatoms. The maximum absolute atomic E-state index is 12.7. The molecule has 2 aliphatic heterocycles. The number of halogens is 1. The van der Waals surface area contributed by atoms with Crippen molar-refractivity contribution < 1.29 is 19.1 Å². The van der Waals surface area contributed by atoms with E-state index in [1.807, 2.05) is 18.2 Å². The maximum Gasteiger partial charge on any atom is 0.253 e. The number of carbonyl (C=O) groups excluding carboxylic acids is 2. The second-order valence-corrected chi connectivity index (χ2v) is 6.96. The van der Waals surface area contributed by atoms with Gasteiger partial charge in [-0.1, -0.05) is 18.2 Å². The van der Waals surface area contributed by atoms with Crippen molar-refractivity contribution in [3.63, 3.8) is 0 Å². The first kappa shape index (κ1) is 21.0. The molecule has 2 aliphatic rings. The summed E-state index contributed by atoms with van der Waals surface area (Å²) in [4.78, 5) is 25.0. The zero-order valence-electron chi connectivity index (χ0n) is 15.9. The largest absolute Gasteiger partial charge is 0.454 e. The fourth-order valence-electron chi connectivity index (χ4n) is 3.47. The van der Waals surface area contributed by atoms with E-state index in [0.717, 1.165) is 24.9 Å². The van der Waals surface area contributed by atoms with Crippen molar-refractivity contribution in [3.05, 3.63) is 53.6 Å². The Kier molecular flexibility index (Phi) is 6.95. The Morgan fingerprint density at radius 3 is 2.76 bits per heavy atom. The van der Waals surface area contributed by atoms with Crippen LogP contribution in [0.4, 0.5) is 5.69 Å². The minimum absolute atomic E-state index is 0. The van der Waals surface area contributed by atoms with Crippen LogP contribution in [0.1, 0.15) is 35.2 Å². The van der Waals surface area contributed by atoms with Gasteiger partial charge in [-0.05, 0) is 49.2 Å². The maximum atomic E-state index is 12.7. The molecule has 0 aromatic heterocycles. The average molecular weight is 418 g/mol. The van der Waals surface area contributed by atoms with E-state index in [0.29, 0.717) is 35.7 Å². The Morgan fingerprint density at radius 1 is 1.10 bits per heavy atom. The fourth-order valence-corrected chi connectivity index (χ4v) is 3.47. The van der Waals surface area contributed by atoms with E-state index >= 15 is 0 Å². The number of anilines is 1. The molecule has 1 fully saturated rings. The number of para-hydroxylation sites is 1. The van der Waals surface area contributed by atoms with E-state index in [4.69, 9.17) is 9.47 Å². The highest BCUT2D eigenvalue weighted by atomic mass is 35.5. The molecule has 3 N–H and O–H groups in total. The van der Waals surface area contributed by atoms with Crippen LogP contribution in [0.15, 0.2) is 42.5 Å². The normalized spacial score (nSPS) is 16.8. The van der Waals surface area contributed by atoms with Gasteiger partial charge >= 0.3 is 0 Å². The first-order chi connectivity index (χ1) is 13.7. The van der Waals surface area contributed by atoms with E-state index in [2.05, 4.69) is 16.0 Å². The van der Waals surface area contributed by atoms with Crippen LogP contribution in [0, 0.1) is 0 Å². The third kappa shape index (κ3) is 5.19. The molecule has 1 saturated heterocycles. The lowest BCUT2D eigenvalue weighted by atomic mass is 10.1. The molecule has 0 radical (unpaired) electrons. The second-order valence-electron chi connectivity index (χ2n) is 6.96. The summed E-state index contributed by atoms with van der Waals surface area (Å²) in [6.45, 7) is 1.52. The number of hydrogen-bond donors (Lipinski definition) is 3. The SMILES string of the molecule is Cl.O=C(CC1CCCN1)Nc1ccccc1C(=O)NCc1ccc2c(c1)OCO2. The Hall–Kier alpha value is -2.77. The first-order valence-corrected chi connectivity index (χ1v) is 9.48. The Morgan fingerprint density at radius 2 is 1.93 bits per heavy atom. The summed E-state index contributed by atoms with van der Waals surface area (Å²) in [6, 6.07) is 12.8. The van der Waals surface area contributed by atoms with Crippen LogP contribution in [0.3, 0.4) is 0 Å². The average Bonchev–Trinajstić information content (AvgIpc) is 3.37. The number of benzene rings is 2. The highest BCUT2D eigenvalue weighted by molar-refractivity contribution is 6.03. The summed E-state index contributed by atoms with van der Waals surface area (Å²) < 4.78 is 10.7. The monoisotopic (exact) mass is 417 g/mol. The number of hydrogen-bond acceptors (Lipinski definition) is 5. The quantitative estimate of drug-likeness (QED) is 0.672. The van der Waals surface area contributed by atoms with E-state index in [1.165, 1.54) is 0 Å². The summed E-state index contributed by atoms with van der Waals surface area (Å²) in [5, 5.41) is 9.08. The smallest absolute Gasteiger partial charge is 0.253 e. The van der Waals surface area contributed by atoms with Crippen molar-refractivity contribution in [3.8, 4) is 11.5 Å². The third-order valence-corrected chi connectivity index (χ3v) is 4.93. The van der Waals surface area contributed by atoms with Crippen LogP contribution < -0.4 is 25.4 Å². The van der Waals surface area contributed by atoms with Gasteiger partial charge in [-0.15, -0.1) is 12.4 Å². The highest BCUT2D eigenvalue weighted by Gasteiger charge is 2.19. The molecule has 2 aromatic rings. The van der Waals surface area contributed by atoms with Gasteiger partial charge in [0.05, 0.1) is 11.3 Å². The Balaban J connectivity index is 0.00000240. The molecular weight excluding hydrogens is 394 g/mol. The standard InChI is InChI=1S/C21H23N3O4.ClH/c25-20(11-15-4-3-9-22-15)24-17-6-2-1-5-16(17)21(26)23-12-14-7-8-18-19(10-14)28-13-27-18;/h1-2,5-8,10,15,22H,3-4,9,11-13H2,(H,23,26)(H,24,25);1H. The minimum Gasteiger partial charge on any atom is -0.454 e. The number of ether oxygens (including phenoxy) is 2. The molecule has 7 nitrogen and oxygen atoms in total.